The molecule has 0 aromatic heterocycles. The minimum atomic E-state index is -0.509. The Bertz CT molecular complexity index is 860. The third-order valence-electron chi connectivity index (χ3n) is 4.04. The maximum Gasteiger partial charge on any atom is 0.339 e. The van der Waals surface area contributed by atoms with Crippen molar-refractivity contribution in [3.8, 4) is 11.5 Å². The van der Waals surface area contributed by atoms with Crippen molar-refractivity contribution < 1.29 is 23.8 Å². The van der Waals surface area contributed by atoms with E-state index in [2.05, 4.69) is 12.2 Å². The molecule has 0 spiro atoms. The Hall–Kier alpha value is -3.28. The van der Waals surface area contributed by atoms with Gasteiger partial charge in [-0.05, 0) is 49.2 Å². The Kier molecular flexibility index (Phi) is 8.76. The van der Waals surface area contributed by atoms with Gasteiger partial charge in [0.1, 0.15) is 0 Å². The number of amides is 1. The number of hydrogen-bond donors (Lipinski definition) is 1. The number of rotatable bonds is 10. The number of methoxy groups -OCH3 is 1. The normalized spacial score (nSPS) is 10.6. The van der Waals surface area contributed by atoms with E-state index in [9.17, 15) is 9.59 Å². The van der Waals surface area contributed by atoms with Gasteiger partial charge in [-0.3, -0.25) is 4.79 Å². The topological polar surface area (TPSA) is 73.9 Å². The highest BCUT2D eigenvalue weighted by Gasteiger charge is 2.12. The fourth-order valence-electron chi connectivity index (χ4n) is 2.57. The third-order valence-corrected chi connectivity index (χ3v) is 4.04. The van der Waals surface area contributed by atoms with Crippen LogP contribution in [0.15, 0.2) is 48.5 Å². The summed E-state index contributed by atoms with van der Waals surface area (Å²) in [5.41, 5.74) is 1.49. The first kappa shape index (κ1) is 22.0. The lowest BCUT2D eigenvalue weighted by molar-refractivity contribution is -0.111. The molecule has 2 aromatic rings. The first-order chi connectivity index (χ1) is 14.1. The van der Waals surface area contributed by atoms with Crippen molar-refractivity contribution in [3.05, 3.63) is 59.7 Å². The zero-order valence-corrected chi connectivity index (χ0v) is 17.1. The lowest BCUT2D eigenvalue weighted by atomic mass is 10.1. The van der Waals surface area contributed by atoms with Gasteiger partial charge in [0.25, 0.3) is 0 Å². The van der Waals surface area contributed by atoms with Crippen molar-refractivity contribution in [1.29, 1.82) is 0 Å². The van der Waals surface area contributed by atoms with Gasteiger partial charge >= 0.3 is 5.97 Å². The van der Waals surface area contributed by atoms with Gasteiger partial charge in [-0.15, -0.1) is 0 Å². The molecule has 0 bridgehead atoms. The Morgan fingerprint density at radius 3 is 2.55 bits per heavy atom. The highest BCUT2D eigenvalue weighted by atomic mass is 16.5. The van der Waals surface area contributed by atoms with E-state index in [0.717, 1.165) is 18.4 Å². The molecule has 0 aliphatic heterocycles. The molecule has 6 nitrogen and oxygen atoms in total. The molecule has 0 heterocycles. The van der Waals surface area contributed by atoms with Crippen LogP contribution in [-0.2, 0) is 9.53 Å². The molecule has 0 atom stereocenters. The largest absolute Gasteiger partial charge is 0.490 e. The molecule has 2 aromatic carbocycles. The first-order valence-corrected chi connectivity index (χ1v) is 9.65. The molecule has 2 rings (SSSR count). The number of anilines is 1. The number of para-hydroxylation sites is 1. The zero-order valence-electron chi connectivity index (χ0n) is 17.1. The molecule has 154 valence electrons. The molecule has 6 heteroatoms. The van der Waals surface area contributed by atoms with E-state index in [1.807, 2.05) is 25.1 Å². The molecule has 1 amide bonds. The number of ether oxygens (including phenoxy) is 3. The summed E-state index contributed by atoms with van der Waals surface area (Å²) in [6.07, 6.45) is 5.10. The number of unbranched alkanes of at least 4 members (excludes halogenated alkanes) is 1. The van der Waals surface area contributed by atoms with Gasteiger partial charge in [0, 0.05) is 6.08 Å². The van der Waals surface area contributed by atoms with Crippen LogP contribution < -0.4 is 14.8 Å². The van der Waals surface area contributed by atoms with E-state index in [0.29, 0.717) is 36.0 Å². The highest BCUT2D eigenvalue weighted by molar-refractivity contribution is 6.06. The molecule has 0 unspecified atom stereocenters. The van der Waals surface area contributed by atoms with Crippen molar-refractivity contribution in [1.82, 2.24) is 0 Å². The Morgan fingerprint density at radius 2 is 1.83 bits per heavy atom. The Labute approximate surface area is 171 Å². The smallest absolute Gasteiger partial charge is 0.339 e. The number of hydrogen-bond acceptors (Lipinski definition) is 5. The number of carbonyl (C=O) groups excluding carboxylic acids is 2. The van der Waals surface area contributed by atoms with Crippen LogP contribution in [0.2, 0.25) is 0 Å². The minimum absolute atomic E-state index is 0.295. The van der Waals surface area contributed by atoms with E-state index in [4.69, 9.17) is 14.2 Å². The maximum absolute atomic E-state index is 12.3. The minimum Gasteiger partial charge on any atom is -0.490 e. The van der Waals surface area contributed by atoms with Gasteiger partial charge in [-0.1, -0.05) is 31.5 Å². The summed E-state index contributed by atoms with van der Waals surface area (Å²) in [5.74, 6) is 0.462. The van der Waals surface area contributed by atoms with E-state index >= 15 is 0 Å². The van der Waals surface area contributed by atoms with Crippen molar-refractivity contribution >= 4 is 23.6 Å². The average Bonchev–Trinajstić information content (AvgIpc) is 2.73. The molecule has 29 heavy (non-hydrogen) atoms. The van der Waals surface area contributed by atoms with Gasteiger partial charge in [-0.25, -0.2) is 4.79 Å². The van der Waals surface area contributed by atoms with Crippen LogP contribution in [0.1, 0.15) is 42.6 Å². The van der Waals surface area contributed by atoms with Gasteiger partial charge in [-0.2, -0.15) is 0 Å². The van der Waals surface area contributed by atoms with Crippen LogP contribution >= 0.6 is 0 Å². The molecule has 0 saturated carbocycles. The number of carbonyl (C=O) groups is 2. The first-order valence-electron chi connectivity index (χ1n) is 9.65. The molecule has 0 aliphatic carbocycles. The molecular weight excluding hydrogens is 370 g/mol. The highest BCUT2D eigenvalue weighted by Crippen LogP contribution is 2.29. The summed E-state index contributed by atoms with van der Waals surface area (Å²) >= 11 is 0. The standard InChI is InChI=1S/C23H27NO5/c1-4-6-15-29-20-13-11-17(16-21(20)28-5-2)12-14-22(25)24-19-10-8-7-9-18(19)23(26)27-3/h7-14,16H,4-6,15H2,1-3H3,(H,24,25)/b14-12+. The molecule has 0 radical (unpaired) electrons. The third kappa shape index (κ3) is 6.68. The van der Waals surface area contributed by atoms with Crippen LogP contribution in [-0.4, -0.2) is 32.2 Å². The number of benzene rings is 2. The lowest BCUT2D eigenvalue weighted by Crippen LogP contribution is -2.12. The second kappa shape index (κ2) is 11.5. The van der Waals surface area contributed by atoms with Crippen LogP contribution in [0.3, 0.4) is 0 Å². The molecular formula is C23H27NO5. The summed E-state index contributed by atoms with van der Waals surface area (Å²) in [6, 6.07) is 12.2. The van der Waals surface area contributed by atoms with E-state index in [1.165, 1.54) is 13.2 Å². The average molecular weight is 397 g/mol. The van der Waals surface area contributed by atoms with Gasteiger partial charge < -0.3 is 19.5 Å². The summed E-state index contributed by atoms with van der Waals surface area (Å²) < 4.78 is 16.2. The quantitative estimate of drug-likeness (QED) is 0.357. The van der Waals surface area contributed by atoms with Gasteiger partial charge in [0.05, 0.1) is 31.6 Å². The fourth-order valence-corrected chi connectivity index (χ4v) is 2.57. The van der Waals surface area contributed by atoms with Crippen molar-refractivity contribution in [2.75, 3.05) is 25.6 Å². The fraction of sp³-hybridized carbons (Fsp3) is 0.304. The molecule has 0 saturated heterocycles. The van der Waals surface area contributed by atoms with E-state index in [-0.39, 0.29) is 5.91 Å². The summed E-state index contributed by atoms with van der Waals surface area (Å²) in [4.78, 5) is 24.1. The summed E-state index contributed by atoms with van der Waals surface area (Å²) in [6.45, 7) is 5.16. The second-order valence-corrected chi connectivity index (χ2v) is 6.20. The number of nitrogens with one attached hydrogen (secondary N) is 1. The Morgan fingerprint density at radius 1 is 1.03 bits per heavy atom. The van der Waals surface area contributed by atoms with Crippen LogP contribution in [0.4, 0.5) is 5.69 Å². The van der Waals surface area contributed by atoms with E-state index in [1.54, 1.807) is 30.3 Å². The monoisotopic (exact) mass is 397 g/mol. The van der Waals surface area contributed by atoms with Crippen molar-refractivity contribution in [3.63, 3.8) is 0 Å². The number of esters is 1. The van der Waals surface area contributed by atoms with Gasteiger partial charge in [0.2, 0.25) is 5.91 Å². The Balaban J connectivity index is 2.10. The lowest BCUT2D eigenvalue weighted by Gasteiger charge is -2.12. The predicted octanol–water partition coefficient (Wildman–Crippen LogP) is 4.70. The van der Waals surface area contributed by atoms with Gasteiger partial charge in [0.15, 0.2) is 11.5 Å². The maximum atomic E-state index is 12.3. The van der Waals surface area contributed by atoms with E-state index < -0.39 is 5.97 Å². The SMILES string of the molecule is CCCCOc1ccc(/C=C/C(=O)Nc2ccccc2C(=O)OC)cc1OCC. The van der Waals surface area contributed by atoms with Crippen molar-refractivity contribution in [2.45, 2.75) is 26.7 Å². The van der Waals surface area contributed by atoms with Crippen LogP contribution in [0.25, 0.3) is 6.08 Å². The summed E-state index contributed by atoms with van der Waals surface area (Å²) in [7, 11) is 1.30. The predicted molar refractivity (Wildman–Crippen MR) is 113 cm³/mol. The summed E-state index contributed by atoms with van der Waals surface area (Å²) in [5, 5.41) is 2.70. The molecule has 0 fully saturated rings. The molecule has 1 N–H and O–H groups in total. The van der Waals surface area contributed by atoms with Crippen LogP contribution in [0.5, 0.6) is 11.5 Å². The van der Waals surface area contributed by atoms with Crippen molar-refractivity contribution in [2.24, 2.45) is 0 Å². The van der Waals surface area contributed by atoms with Crippen LogP contribution in [0, 0.1) is 0 Å². The molecule has 0 aliphatic rings. The second-order valence-electron chi connectivity index (χ2n) is 6.20. The zero-order chi connectivity index (χ0) is 21.1.